The summed E-state index contributed by atoms with van der Waals surface area (Å²) in [6, 6.07) is 2.25. The first kappa shape index (κ1) is 21.0. The van der Waals surface area contributed by atoms with E-state index in [1.54, 1.807) is 0 Å². The molecule has 1 amide bonds. The third-order valence-electron chi connectivity index (χ3n) is 5.23. The first-order chi connectivity index (χ1) is 14.0. The molecule has 3 rings (SSSR count). The van der Waals surface area contributed by atoms with Crippen molar-refractivity contribution in [3.63, 3.8) is 0 Å². The third kappa shape index (κ3) is 5.01. The summed E-state index contributed by atoms with van der Waals surface area (Å²) in [5.74, 6) is -0.661. The van der Waals surface area contributed by atoms with Gasteiger partial charge in [-0.1, -0.05) is 38.5 Å². The third-order valence-corrected chi connectivity index (χ3v) is 6.44. The Morgan fingerprint density at radius 2 is 1.83 bits per heavy atom. The van der Waals surface area contributed by atoms with Gasteiger partial charge in [-0.05, 0) is 31.2 Å². The highest BCUT2D eigenvalue weighted by Gasteiger charge is 2.27. The van der Waals surface area contributed by atoms with E-state index in [9.17, 15) is 20.2 Å². The second-order valence-electron chi connectivity index (χ2n) is 7.40. The fourth-order valence-electron chi connectivity index (χ4n) is 3.77. The zero-order chi connectivity index (χ0) is 20.8. The van der Waals surface area contributed by atoms with E-state index in [2.05, 4.69) is 16.5 Å². The van der Waals surface area contributed by atoms with Crippen molar-refractivity contribution in [1.82, 2.24) is 9.78 Å². The van der Waals surface area contributed by atoms with Gasteiger partial charge in [0.15, 0.2) is 0 Å². The highest BCUT2D eigenvalue weighted by Crippen LogP contribution is 2.36. The molecule has 0 unspecified atom stereocenters. The first-order valence-corrected chi connectivity index (χ1v) is 10.9. The van der Waals surface area contributed by atoms with Crippen LogP contribution in [0, 0.1) is 21.4 Å². The zero-order valence-electron chi connectivity index (χ0n) is 16.6. The Labute approximate surface area is 173 Å². The van der Waals surface area contributed by atoms with Crippen molar-refractivity contribution in [2.45, 2.75) is 64.2 Å². The van der Waals surface area contributed by atoms with Crippen LogP contribution < -0.4 is 5.32 Å². The predicted molar refractivity (Wildman–Crippen MR) is 111 cm³/mol. The monoisotopic (exact) mass is 415 g/mol. The lowest BCUT2D eigenvalue weighted by molar-refractivity contribution is -0.385. The summed E-state index contributed by atoms with van der Waals surface area (Å²) in [4.78, 5) is 24.4. The maximum atomic E-state index is 12.7. The van der Waals surface area contributed by atoms with Crippen molar-refractivity contribution in [3.8, 4) is 6.07 Å². The fourth-order valence-corrected chi connectivity index (χ4v) is 5.00. The molecule has 0 aromatic carbocycles. The van der Waals surface area contributed by atoms with Gasteiger partial charge in [0, 0.05) is 11.9 Å². The van der Waals surface area contributed by atoms with Crippen molar-refractivity contribution < 1.29 is 9.72 Å². The van der Waals surface area contributed by atoms with Gasteiger partial charge in [-0.25, -0.2) is 0 Å². The van der Waals surface area contributed by atoms with Gasteiger partial charge in [0.2, 0.25) is 5.69 Å². The summed E-state index contributed by atoms with van der Waals surface area (Å²) in [5.41, 5.74) is 0.931. The molecule has 0 atom stereocenters. The van der Waals surface area contributed by atoms with Crippen LogP contribution in [0.2, 0.25) is 0 Å². The molecular formula is C20H25N5O3S. The summed E-state index contributed by atoms with van der Waals surface area (Å²) in [5, 5.41) is 28.1. The topological polar surface area (TPSA) is 114 Å². The van der Waals surface area contributed by atoms with Crippen LogP contribution in [0.4, 0.5) is 10.7 Å². The summed E-state index contributed by atoms with van der Waals surface area (Å²) in [6.07, 6.45) is 12.3. The van der Waals surface area contributed by atoms with Crippen LogP contribution in [-0.2, 0) is 19.9 Å². The van der Waals surface area contributed by atoms with E-state index in [0.29, 0.717) is 10.6 Å². The van der Waals surface area contributed by atoms with Crippen LogP contribution in [0.15, 0.2) is 6.20 Å². The minimum absolute atomic E-state index is 0.246. The Balaban J connectivity index is 1.88. The molecule has 2 aromatic rings. The minimum atomic E-state index is -0.661. The van der Waals surface area contributed by atoms with E-state index >= 15 is 0 Å². The molecule has 1 N–H and O–H groups in total. The Kier molecular flexibility index (Phi) is 6.99. The minimum Gasteiger partial charge on any atom is -0.311 e. The van der Waals surface area contributed by atoms with E-state index in [1.165, 1.54) is 61.4 Å². The number of fused-ring (bicyclic) bond motifs is 1. The van der Waals surface area contributed by atoms with Crippen LogP contribution >= 0.6 is 11.3 Å². The van der Waals surface area contributed by atoms with Crippen molar-refractivity contribution in [2.75, 3.05) is 5.32 Å². The fraction of sp³-hybridized carbons (Fsp3) is 0.550. The average molecular weight is 416 g/mol. The van der Waals surface area contributed by atoms with Crippen molar-refractivity contribution in [1.29, 1.82) is 5.26 Å². The molecule has 9 heteroatoms. The van der Waals surface area contributed by atoms with Gasteiger partial charge in [0.05, 0.1) is 10.5 Å². The molecule has 0 radical (unpaired) electrons. The Morgan fingerprint density at radius 1 is 1.21 bits per heavy atom. The molecule has 154 valence electrons. The quantitative estimate of drug-likeness (QED) is 0.575. The second kappa shape index (κ2) is 9.65. The number of hydrogen-bond donors (Lipinski definition) is 1. The molecule has 0 saturated heterocycles. The first-order valence-electron chi connectivity index (χ1n) is 10.0. The van der Waals surface area contributed by atoms with Gasteiger partial charge in [-0.3, -0.25) is 19.6 Å². The standard InChI is InChI=1S/C20H25N5O3S/c1-24-13-16(25(27)28)18(23-24)19(26)22-20-15(12-21)14-10-8-6-4-2-3-5-7-9-11-17(14)29-20/h13H,2-11H2,1H3,(H,22,26). The molecule has 2 aromatic heterocycles. The van der Waals surface area contributed by atoms with Gasteiger partial charge in [0.25, 0.3) is 5.91 Å². The summed E-state index contributed by atoms with van der Waals surface area (Å²) >= 11 is 1.42. The number of nitriles is 1. The van der Waals surface area contributed by atoms with Gasteiger partial charge in [-0.2, -0.15) is 10.4 Å². The van der Waals surface area contributed by atoms with E-state index in [1.807, 2.05) is 0 Å². The number of aryl methyl sites for hydroxylation is 2. The lowest BCUT2D eigenvalue weighted by Crippen LogP contribution is -2.14. The zero-order valence-corrected chi connectivity index (χ0v) is 17.4. The lowest BCUT2D eigenvalue weighted by Gasteiger charge is -2.08. The number of rotatable bonds is 3. The van der Waals surface area contributed by atoms with Crippen LogP contribution in [0.5, 0.6) is 0 Å². The maximum absolute atomic E-state index is 12.7. The maximum Gasteiger partial charge on any atom is 0.320 e. The predicted octanol–water partition coefficient (Wildman–Crippen LogP) is 4.73. The van der Waals surface area contributed by atoms with Crippen LogP contribution in [0.25, 0.3) is 0 Å². The summed E-state index contributed by atoms with van der Waals surface area (Å²) < 4.78 is 1.24. The molecule has 0 bridgehead atoms. The molecule has 0 spiro atoms. The molecule has 29 heavy (non-hydrogen) atoms. The molecular weight excluding hydrogens is 390 g/mol. The van der Waals surface area contributed by atoms with E-state index in [0.717, 1.165) is 42.5 Å². The number of hydrogen-bond acceptors (Lipinski definition) is 6. The number of thiophene rings is 1. The van der Waals surface area contributed by atoms with Gasteiger partial charge in [0.1, 0.15) is 17.3 Å². The molecule has 0 aliphatic heterocycles. The Hall–Kier alpha value is -2.73. The molecule has 0 fully saturated rings. The normalized spacial score (nSPS) is 15.4. The average Bonchev–Trinajstić information content (AvgIpc) is 3.22. The Bertz CT molecular complexity index is 941. The van der Waals surface area contributed by atoms with Gasteiger partial charge >= 0.3 is 5.69 Å². The van der Waals surface area contributed by atoms with E-state index < -0.39 is 10.8 Å². The summed E-state index contributed by atoms with van der Waals surface area (Å²) in [7, 11) is 1.53. The van der Waals surface area contributed by atoms with E-state index in [4.69, 9.17) is 0 Å². The highest BCUT2D eigenvalue weighted by atomic mass is 32.1. The number of carbonyl (C=O) groups excluding carboxylic acids is 1. The van der Waals surface area contributed by atoms with Gasteiger partial charge in [-0.15, -0.1) is 11.3 Å². The molecule has 0 saturated carbocycles. The number of nitrogens with zero attached hydrogens (tertiary/aromatic N) is 4. The number of aromatic nitrogens is 2. The number of carbonyl (C=O) groups is 1. The van der Waals surface area contributed by atoms with Crippen LogP contribution in [0.3, 0.4) is 0 Å². The number of anilines is 1. The van der Waals surface area contributed by atoms with Crippen LogP contribution in [0.1, 0.15) is 77.9 Å². The van der Waals surface area contributed by atoms with Crippen molar-refractivity contribution >= 4 is 27.9 Å². The summed E-state index contributed by atoms with van der Waals surface area (Å²) in [6.45, 7) is 0. The molecule has 1 aliphatic carbocycles. The van der Waals surface area contributed by atoms with E-state index in [-0.39, 0.29) is 11.4 Å². The molecule has 1 aliphatic rings. The number of amides is 1. The lowest BCUT2D eigenvalue weighted by atomic mass is 9.98. The number of nitro groups is 1. The largest absolute Gasteiger partial charge is 0.320 e. The van der Waals surface area contributed by atoms with Crippen molar-refractivity contribution in [3.05, 3.63) is 38.0 Å². The second-order valence-corrected chi connectivity index (χ2v) is 8.50. The highest BCUT2D eigenvalue weighted by molar-refractivity contribution is 7.16. The van der Waals surface area contributed by atoms with Crippen molar-refractivity contribution in [2.24, 2.45) is 7.05 Å². The van der Waals surface area contributed by atoms with Gasteiger partial charge < -0.3 is 5.32 Å². The SMILES string of the molecule is Cn1cc([N+](=O)[O-])c(C(=O)Nc2sc3c(c2C#N)CCCCCCCCCC3)n1. The number of nitrogens with one attached hydrogen (secondary N) is 1. The smallest absolute Gasteiger partial charge is 0.311 e. The van der Waals surface area contributed by atoms with Crippen LogP contribution in [-0.4, -0.2) is 20.6 Å². The molecule has 2 heterocycles. The molecule has 8 nitrogen and oxygen atoms in total. The Morgan fingerprint density at radius 3 is 2.45 bits per heavy atom.